The molecule has 0 aliphatic carbocycles. The summed E-state index contributed by atoms with van der Waals surface area (Å²) in [6.07, 6.45) is 1.14. The topological polar surface area (TPSA) is 119 Å². The third-order valence-electron chi connectivity index (χ3n) is 2.56. The van der Waals surface area contributed by atoms with Crippen LogP contribution in [-0.2, 0) is 10.0 Å². The summed E-state index contributed by atoms with van der Waals surface area (Å²) in [7, 11) is -0.854. The first-order valence-electron chi connectivity index (χ1n) is 5.51. The van der Waals surface area contributed by atoms with E-state index in [9.17, 15) is 8.42 Å². The van der Waals surface area contributed by atoms with Crippen molar-refractivity contribution < 1.29 is 17.9 Å². The molecule has 0 amide bonds. The minimum Gasteiger partial charge on any atom is -0.493 e. The Morgan fingerprint density at radius 1 is 1.25 bits per heavy atom. The summed E-state index contributed by atoms with van der Waals surface area (Å²) in [6, 6.07) is 4.65. The molecule has 8 nitrogen and oxygen atoms in total. The first-order chi connectivity index (χ1) is 9.47. The number of hydrogen-bond acceptors (Lipinski definition) is 6. The van der Waals surface area contributed by atoms with Crippen molar-refractivity contribution in [2.45, 2.75) is 4.90 Å². The Morgan fingerprint density at radius 2 is 1.95 bits per heavy atom. The van der Waals surface area contributed by atoms with Gasteiger partial charge in [0.1, 0.15) is 10.7 Å². The van der Waals surface area contributed by atoms with Crippen molar-refractivity contribution in [3.8, 4) is 11.5 Å². The molecule has 0 saturated carbocycles. The van der Waals surface area contributed by atoms with E-state index in [2.05, 4.69) is 14.9 Å². The molecule has 0 unspecified atom stereocenters. The van der Waals surface area contributed by atoms with Crippen LogP contribution in [0.15, 0.2) is 29.3 Å². The van der Waals surface area contributed by atoms with E-state index in [1.54, 1.807) is 12.1 Å². The Kier molecular flexibility index (Phi) is 3.70. The number of methoxy groups -OCH3 is 2. The predicted molar refractivity (Wildman–Crippen MR) is 73.4 cm³/mol. The van der Waals surface area contributed by atoms with Gasteiger partial charge in [-0.15, -0.1) is 0 Å². The molecule has 9 heteroatoms. The van der Waals surface area contributed by atoms with Gasteiger partial charge in [0.05, 0.1) is 26.1 Å². The van der Waals surface area contributed by atoms with Crippen molar-refractivity contribution in [1.29, 1.82) is 0 Å². The molecule has 1 aromatic carbocycles. The molecule has 2 rings (SSSR count). The Hall–Kier alpha value is -2.42. The van der Waals surface area contributed by atoms with Crippen LogP contribution < -0.4 is 19.9 Å². The SMILES string of the molecule is COc1ccc(NS(=O)(=O)c2cn[nH]c2N)cc1OC. The highest BCUT2D eigenvalue weighted by atomic mass is 32.2. The molecule has 4 N–H and O–H groups in total. The molecule has 0 spiro atoms. The van der Waals surface area contributed by atoms with Gasteiger partial charge in [-0.05, 0) is 12.1 Å². The van der Waals surface area contributed by atoms with E-state index in [0.29, 0.717) is 17.2 Å². The van der Waals surface area contributed by atoms with Gasteiger partial charge in [0.15, 0.2) is 11.5 Å². The summed E-state index contributed by atoms with van der Waals surface area (Å²) in [5, 5.41) is 5.94. The molecule has 0 aliphatic heterocycles. The van der Waals surface area contributed by atoms with Gasteiger partial charge in [-0.1, -0.05) is 0 Å². The number of ether oxygens (including phenoxy) is 2. The van der Waals surface area contributed by atoms with Gasteiger partial charge in [0.2, 0.25) is 0 Å². The lowest BCUT2D eigenvalue weighted by Gasteiger charge is -2.11. The zero-order valence-corrected chi connectivity index (χ0v) is 11.7. The number of nitrogens with two attached hydrogens (primary N) is 1. The average molecular weight is 298 g/mol. The fourth-order valence-corrected chi connectivity index (χ4v) is 2.68. The second kappa shape index (κ2) is 5.29. The van der Waals surface area contributed by atoms with Gasteiger partial charge >= 0.3 is 0 Å². The maximum atomic E-state index is 12.1. The number of aromatic nitrogens is 2. The van der Waals surface area contributed by atoms with E-state index >= 15 is 0 Å². The molecule has 0 atom stereocenters. The standard InChI is InChI=1S/C11H14N4O4S/c1-18-8-4-3-7(5-9(8)19-2)15-20(16,17)10-6-13-14-11(10)12/h3-6,15H,1-2H3,(H3,12,13,14). The van der Waals surface area contributed by atoms with Gasteiger partial charge in [-0.3, -0.25) is 9.82 Å². The lowest BCUT2D eigenvalue weighted by molar-refractivity contribution is 0.355. The van der Waals surface area contributed by atoms with Crippen molar-refractivity contribution in [1.82, 2.24) is 10.2 Å². The van der Waals surface area contributed by atoms with Gasteiger partial charge in [0, 0.05) is 6.07 Å². The fraction of sp³-hybridized carbons (Fsp3) is 0.182. The van der Waals surface area contributed by atoms with Gasteiger partial charge < -0.3 is 15.2 Å². The monoisotopic (exact) mass is 298 g/mol. The molecule has 0 aliphatic rings. The second-order valence-corrected chi connectivity index (χ2v) is 5.47. The minimum atomic E-state index is -3.81. The fourth-order valence-electron chi connectivity index (χ4n) is 1.61. The normalized spacial score (nSPS) is 11.1. The van der Waals surface area contributed by atoms with E-state index in [1.165, 1.54) is 20.3 Å². The van der Waals surface area contributed by atoms with E-state index in [1.807, 2.05) is 0 Å². The average Bonchev–Trinajstić information content (AvgIpc) is 2.85. The van der Waals surface area contributed by atoms with Crippen molar-refractivity contribution in [3.63, 3.8) is 0 Å². The number of aromatic amines is 1. The molecule has 1 heterocycles. The molecule has 20 heavy (non-hydrogen) atoms. The number of H-pyrrole nitrogens is 1. The third-order valence-corrected chi connectivity index (χ3v) is 3.97. The van der Waals surface area contributed by atoms with E-state index < -0.39 is 10.0 Å². The first-order valence-corrected chi connectivity index (χ1v) is 7.00. The molecule has 108 valence electrons. The number of nitrogens with zero attached hydrogens (tertiary/aromatic N) is 1. The van der Waals surface area contributed by atoms with Crippen LogP contribution in [0.5, 0.6) is 11.5 Å². The Morgan fingerprint density at radius 3 is 2.50 bits per heavy atom. The highest BCUT2D eigenvalue weighted by Gasteiger charge is 2.20. The van der Waals surface area contributed by atoms with Crippen LogP contribution in [-0.4, -0.2) is 32.8 Å². The quantitative estimate of drug-likeness (QED) is 0.751. The number of nitrogens with one attached hydrogen (secondary N) is 2. The van der Waals surface area contributed by atoms with Crippen LogP contribution >= 0.6 is 0 Å². The first kappa shape index (κ1) is 14.0. The molecular formula is C11H14N4O4S. The van der Waals surface area contributed by atoms with E-state index in [-0.39, 0.29) is 10.7 Å². The molecule has 0 saturated heterocycles. The minimum absolute atomic E-state index is 0.0297. The summed E-state index contributed by atoms with van der Waals surface area (Å²) in [6.45, 7) is 0. The maximum Gasteiger partial charge on any atom is 0.267 e. The molecule has 1 aromatic heterocycles. The number of hydrogen-bond donors (Lipinski definition) is 3. The summed E-state index contributed by atoms with van der Waals surface area (Å²) < 4.78 is 36.8. The van der Waals surface area contributed by atoms with Gasteiger partial charge in [-0.25, -0.2) is 8.42 Å². The summed E-state index contributed by atoms with van der Waals surface area (Å²) in [5.74, 6) is 0.879. The van der Waals surface area contributed by atoms with Crippen molar-refractivity contribution in [3.05, 3.63) is 24.4 Å². The largest absolute Gasteiger partial charge is 0.493 e. The molecular weight excluding hydrogens is 284 g/mol. The lowest BCUT2D eigenvalue weighted by atomic mass is 10.3. The zero-order valence-electron chi connectivity index (χ0n) is 10.9. The van der Waals surface area contributed by atoms with Crippen LogP contribution in [0.2, 0.25) is 0 Å². The van der Waals surface area contributed by atoms with Crippen molar-refractivity contribution >= 4 is 21.5 Å². The Balaban J connectivity index is 2.33. The number of benzene rings is 1. The van der Waals surface area contributed by atoms with Crippen LogP contribution in [0.25, 0.3) is 0 Å². The number of rotatable bonds is 5. The Bertz CT molecular complexity index is 711. The lowest BCUT2D eigenvalue weighted by Crippen LogP contribution is -2.14. The van der Waals surface area contributed by atoms with Gasteiger partial charge in [-0.2, -0.15) is 5.10 Å². The number of sulfonamides is 1. The van der Waals surface area contributed by atoms with E-state index in [4.69, 9.17) is 15.2 Å². The second-order valence-electron chi connectivity index (χ2n) is 3.82. The Labute approximate surface area is 115 Å². The van der Waals surface area contributed by atoms with Crippen LogP contribution in [0.4, 0.5) is 11.5 Å². The summed E-state index contributed by atoms with van der Waals surface area (Å²) >= 11 is 0. The highest BCUT2D eigenvalue weighted by Crippen LogP contribution is 2.31. The number of anilines is 2. The predicted octanol–water partition coefficient (Wildman–Crippen LogP) is 0.810. The van der Waals surface area contributed by atoms with Crippen LogP contribution in [0, 0.1) is 0 Å². The van der Waals surface area contributed by atoms with Crippen LogP contribution in [0.3, 0.4) is 0 Å². The third kappa shape index (κ3) is 2.62. The van der Waals surface area contributed by atoms with Gasteiger partial charge in [0.25, 0.3) is 10.0 Å². The highest BCUT2D eigenvalue weighted by molar-refractivity contribution is 7.92. The number of nitrogen functional groups attached to an aromatic ring is 1. The molecule has 0 fully saturated rings. The zero-order chi connectivity index (χ0) is 14.8. The molecule has 0 radical (unpaired) electrons. The molecule has 0 bridgehead atoms. The maximum absolute atomic E-state index is 12.1. The van der Waals surface area contributed by atoms with Crippen molar-refractivity contribution in [2.75, 3.05) is 24.7 Å². The van der Waals surface area contributed by atoms with Crippen molar-refractivity contribution in [2.24, 2.45) is 0 Å². The molecule has 2 aromatic rings. The summed E-state index contributed by atoms with van der Waals surface area (Å²) in [4.78, 5) is -0.118. The smallest absolute Gasteiger partial charge is 0.267 e. The van der Waals surface area contributed by atoms with E-state index in [0.717, 1.165) is 6.20 Å². The summed E-state index contributed by atoms with van der Waals surface area (Å²) in [5.41, 5.74) is 5.82. The van der Waals surface area contributed by atoms with Crippen LogP contribution in [0.1, 0.15) is 0 Å².